The molecule has 0 radical (unpaired) electrons. The fraction of sp³-hybridized carbons (Fsp3) is 1.00. The number of rotatable bonds is 16. The van der Waals surface area contributed by atoms with Crippen molar-refractivity contribution in [2.45, 2.75) is 109 Å². The van der Waals surface area contributed by atoms with Gasteiger partial charge in [0.1, 0.15) is 0 Å². The van der Waals surface area contributed by atoms with Gasteiger partial charge in [-0.05, 0) is 6.42 Å². The predicted octanol–water partition coefficient (Wildman–Crippen LogP) is 4.15. The van der Waals surface area contributed by atoms with Crippen LogP contribution in [0.1, 0.15) is 99.6 Å². The van der Waals surface area contributed by atoms with Gasteiger partial charge in [0.25, 0.3) is 0 Å². The van der Waals surface area contributed by atoms with Gasteiger partial charge in [-0.2, -0.15) is 0 Å². The Balaban J connectivity index is 3.28. The fourth-order valence-corrected chi connectivity index (χ4v) is 2.64. The van der Waals surface area contributed by atoms with Crippen LogP contribution in [-0.2, 0) is 0 Å². The van der Waals surface area contributed by atoms with Gasteiger partial charge < -0.3 is 15.9 Å². The molecule has 0 aromatic carbocycles. The summed E-state index contributed by atoms with van der Waals surface area (Å²) < 4.78 is 14.2. The molecule has 0 rings (SSSR count). The van der Waals surface area contributed by atoms with Gasteiger partial charge >= 0.3 is 0 Å². The Kier molecular flexibility index (Phi) is 13.3. The second kappa shape index (κ2) is 16.3. The molecule has 4 N–H and O–H groups in total. The van der Waals surface area contributed by atoms with Crippen LogP contribution in [0.15, 0.2) is 0 Å². The molecule has 0 aliphatic heterocycles. The van der Waals surface area contributed by atoms with Crippen LogP contribution in [-0.4, -0.2) is 28.9 Å². The number of unbranched alkanes of at least 4 members (excludes halogenated alkanes) is 12. The van der Waals surface area contributed by atoms with Crippen LogP contribution >= 0.6 is 0 Å². The van der Waals surface area contributed by atoms with Crippen LogP contribution < -0.4 is 5.73 Å². The van der Waals surface area contributed by atoms with Crippen molar-refractivity contribution >= 4 is 0 Å². The standard InChI is InChI=1S/C18H39NO2/c1-2-3-4-5-6-7-8-9-10-11-12-13-14-15-18(21)17(19)16-20/h17-18,20-21H,2-16,19H2,1H3/t17-,18+/m0/s1/i16D2. The molecular weight excluding hydrogens is 262 g/mol. The molecule has 0 saturated heterocycles. The quantitative estimate of drug-likeness (QED) is 0.375. The largest absolute Gasteiger partial charge is 0.395 e. The molecule has 0 amide bonds. The Morgan fingerprint density at radius 3 is 1.57 bits per heavy atom. The molecule has 0 spiro atoms. The fourth-order valence-electron chi connectivity index (χ4n) is 2.64. The Morgan fingerprint density at radius 2 is 1.19 bits per heavy atom. The van der Waals surface area contributed by atoms with Gasteiger partial charge in [-0.15, -0.1) is 0 Å². The zero-order valence-electron chi connectivity index (χ0n) is 16.0. The van der Waals surface area contributed by atoms with E-state index in [4.69, 9.17) is 13.6 Å². The van der Waals surface area contributed by atoms with Crippen molar-refractivity contribution in [2.24, 2.45) is 5.73 Å². The number of hydrogen-bond donors (Lipinski definition) is 3. The Bertz CT molecular complexity index is 260. The second-order valence-electron chi connectivity index (χ2n) is 6.25. The van der Waals surface area contributed by atoms with Crippen LogP contribution in [0.3, 0.4) is 0 Å². The van der Waals surface area contributed by atoms with E-state index in [0.29, 0.717) is 6.42 Å². The van der Waals surface area contributed by atoms with Crippen molar-refractivity contribution < 1.29 is 13.0 Å². The maximum Gasteiger partial charge on any atom is 0.0713 e. The normalized spacial score (nSPS) is 16.4. The first-order valence-electron chi connectivity index (χ1n) is 10.1. The molecular formula is C18H39NO2. The first-order chi connectivity index (χ1) is 10.9. The van der Waals surface area contributed by atoms with Gasteiger partial charge in [0.15, 0.2) is 0 Å². The minimum Gasteiger partial charge on any atom is -0.395 e. The molecule has 0 fully saturated rings. The lowest BCUT2D eigenvalue weighted by Crippen LogP contribution is -2.37. The summed E-state index contributed by atoms with van der Waals surface area (Å²) in [7, 11) is 0. The minimum absolute atomic E-state index is 0.457. The average Bonchev–Trinajstić information content (AvgIpc) is 2.50. The first kappa shape index (κ1) is 17.2. The van der Waals surface area contributed by atoms with E-state index in [9.17, 15) is 5.11 Å². The first-order valence-corrected chi connectivity index (χ1v) is 9.05. The molecule has 0 heterocycles. The molecule has 0 bridgehead atoms. The number of hydrogen-bond acceptors (Lipinski definition) is 3. The maximum absolute atomic E-state index is 9.71. The Labute approximate surface area is 135 Å². The lowest BCUT2D eigenvalue weighted by molar-refractivity contribution is 0.0990. The van der Waals surface area contributed by atoms with Crippen LogP contribution in [0.2, 0.25) is 0 Å². The summed E-state index contributed by atoms with van der Waals surface area (Å²) in [6.45, 7) is -0.254. The van der Waals surface area contributed by atoms with Crippen molar-refractivity contribution in [3.8, 4) is 0 Å². The molecule has 21 heavy (non-hydrogen) atoms. The summed E-state index contributed by atoms with van der Waals surface area (Å²) in [5.74, 6) is 0. The number of nitrogens with two attached hydrogens (primary N) is 1. The highest BCUT2D eigenvalue weighted by Gasteiger charge is 2.12. The third-order valence-electron chi connectivity index (χ3n) is 4.17. The van der Waals surface area contributed by atoms with Crippen LogP contribution in [0.4, 0.5) is 0 Å². The molecule has 0 aromatic rings. The van der Waals surface area contributed by atoms with Crippen molar-refractivity contribution in [1.29, 1.82) is 0 Å². The SMILES string of the molecule is [2H]C([2H])(O)[C@H](N)[C@H](O)CCCCCCCCCCCCCCC. The van der Waals surface area contributed by atoms with E-state index in [1.165, 1.54) is 64.2 Å². The van der Waals surface area contributed by atoms with Crippen LogP contribution in [0.25, 0.3) is 0 Å². The number of aliphatic hydroxyl groups excluding tert-OH is 1. The van der Waals surface area contributed by atoms with Gasteiger partial charge in [0.05, 0.1) is 21.4 Å². The lowest BCUT2D eigenvalue weighted by Gasteiger charge is -2.15. The van der Waals surface area contributed by atoms with Crippen LogP contribution in [0, 0.1) is 0 Å². The lowest BCUT2D eigenvalue weighted by atomic mass is 10.0. The summed E-state index contributed by atoms with van der Waals surface area (Å²) >= 11 is 0. The molecule has 0 aliphatic carbocycles. The molecule has 3 nitrogen and oxygen atoms in total. The Hall–Kier alpha value is -0.120. The molecule has 0 saturated carbocycles. The van der Waals surface area contributed by atoms with Gasteiger partial charge in [-0.1, -0.05) is 90.4 Å². The molecule has 0 aromatic heterocycles. The second-order valence-corrected chi connectivity index (χ2v) is 6.25. The van der Waals surface area contributed by atoms with Crippen molar-refractivity contribution in [3.05, 3.63) is 0 Å². The highest BCUT2D eigenvalue weighted by Crippen LogP contribution is 2.13. The van der Waals surface area contributed by atoms with Crippen molar-refractivity contribution in [3.63, 3.8) is 0 Å². The summed E-state index contributed by atoms with van der Waals surface area (Å²) in [5.41, 5.74) is 5.47. The van der Waals surface area contributed by atoms with E-state index in [0.717, 1.165) is 19.3 Å². The maximum atomic E-state index is 9.71. The van der Waals surface area contributed by atoms with Crippen molar-refractivity contribution in [1.82, 2.24) is 0 Å². The van der Waals surface area contributed by atoms with Crippen molar-refractivity contribution in [2.75, 3.05) is 6.56 Å². The topological polar surface area (TPSA) is 66.5 Å². The zero-order chi connectivity index (χ0) is 17.6. The highest BCUT2D eigenvalue weighted by molar-refractivity contribution is 4.70. The molecule has 2 atom stereocenters. The third-order valence-corrected chi connectivity index (χ3v) is 4.17. The Morgan fingerprint density at radius 1 is 0.810 bits per heavy atom. The molecule has 0 aliphatic rings. The minimum atomic E-state index is -2.50. The smallest absolute Gasteiger partial charge is 0.0713 e. The molecule has 128 valence electrons. The summed E-state index contributed by atoms with van der Waals surface area (Å²) in [6, 6.07) is -1.22. The van der Waals surface area contributed by atoms with Gasteiger partial charge in [-0.25, -0.2) is 0 Å². The van der Waals surface area contributed by atoms with Crippen LogP contribution in [0.5, 0.6) is 0 Å². The third kappa shape index (κ3) is 14.6. The molecule has 0 unspecified atom stereocenters. The van der Waals surface area contributed by atoms with E-state index in [-0.39, 0.29) is 0 Å². The monoisotopic (exact) mass is 303 g/mol. The summed E-state index contributed by atoms with van der Waals surface area (Å²) in [4.78, 5) is 0. The summed E-state index contributed by atoms with van der Waals surface area (Å²) in [5, 5.41) is 18.8. The van der Waals surface area contributed by atoms with Gasteiger partial charge in [-0.3, -0.25) is 0 Å². The van der Waals surface area contributed by atoms with Gasteiger partial charge in [0, 0.05) is 0 Å². The highest BCUT2D eigenvalue weighted by atomic mass is 16.3. The average molecular weight is 304 g/mol. The summed E-state index contributed by atoms with van der Waals surface area (Å²) in [6.07, 6.45) is 16.0. The van der Waals surface area contributed by atoms with E-state index in [2.05, 4.69) is 6.92 Å². The number of aliphatic hydroxyl groups is 2. The van der Waals surface area contributed by atoms with E-state index >= 15 is 0 Å². The zero-order valence-corrected chi connectivity index (χ0v) is 14.0. The van der Waals surface area contributed by atoms with E-state index < -0.39 is 18.7 Å². The van der Waals surface area contributed by atoms with Gasteiger partial charge in [0.2, 0.25) is 0 Å². The van der Waals surface area contributed by atoms with E-state index in [1.807, 2.05) is 0 Å². The predicted molar refractivity (Wildman–Crippen MR) is 91.4 cm³/mol. The van der Waals surface area contributed by atoms with E-state index in [1.54, 1.807) is 0 Å². The molecule has 3 heteroatoms.